The van der Waals surface area contributed by atoms with Crippen LogP contribution < -0.4 is 4.74 Å². The molecule has 2 atom stereocenters. The van der Waals surface area contributed by atoms with Gasteiger partial charge in [-0.05, 0) is 25.1 Å². The van der Waals surface area contributed by atoms with E-state index in [0.717, 1.165) is 0 Å². The highest BCUT2D eigenvalue weighted by Gasteiger charge is 2.41. The largest absolute Gasteiger partial charge is 0.490 e. The number of aliphatic hydroxyl groups is 1. The lowest BCUT2D eigenvalue weighted by Crippen LogP contribution is -2.39. The second kappa shape index (κ2) is 6.09. The molecule has 2 aromatic carbocycles. The van der Waals surface area contributed by atoms with E-state index in [2.05, 4.69) is 0 Å². The van der Waals surface area contributed by atoms with Gasteiger partial charge >= 0.3 is 5.97 Å². The number of rotatable bonds is 4. The number of carboxylic acids is 1. The number of benzene rings is 2. The van der Waals surface area contributed by atoms with Crippen LogP contribution in [0.3, 0.4) is 0 Å². The normalized spacial score (nSPS) is 22.3. The standard InChI is InChI=1S/C19H18O5/c1-12-10-19(23,11-17(20)21)15-9-14(7-8-16(15)24-12)18(22)13-5-3-2-4-6-13/h2-9,12,23H,10-11H2,1H3,(H,20,21)/t12-,19-/m1/s1. The number of hydrogen-bond donors (Lipinski definition) is 2. The Morgan fingerprint density at radius 2 is 1.88 bits per heavy atom. The Labute approximate surface area is 139 Å². The molecule has 1 aliphatic heterocycles. The van der Waals surface area contributed by atoms with Crippen LogP contribution in [0.1, 0.15) is 41.3 Å². The van der Waals surface area contributed by atoms with E-state index in [1.807, 2.05) is 6.07 Å². The molecule has 124 valence electrons. The van der Waals surface area contributed by atoms with E-state index in [-0.39, 0.29) is 18.3 Å². The van der Waals surface area contributed by atoms with E-state index < -0.39 is 18.0 Å². The van der Waals surface area contributed by atoms with Gasteiger partial charge in [0.1, 0.15) is 11.4 Å². The van der Waals surface area contributed by atoms with E-state index in [1.165, 1.54) is 0 Å². The van der Waals surface area contributed by atoms with Gasteiger partial charge in [-0.25, -0.2) is 0 Å². The minimum absolute atomic E-state index is 0.162. The van der Waals surface area contributed by atoms with Gasteiger partial charge in [-0.1, -0.05) is 30.3 Å². The highest BCUT2D eigenvalue weighted by atomic mass is 16.5. The monoisotopic (exact) mass is 326 g/mol. The number of fused-ring (bicyclic) bond motifs is 1. The van der Waals surface area contributed by atoms with Crippen molar-refractivity contribution in [2.45, 2.75) is 31.5 Å². The SMILES string of the molecule is C[C@@H]1C[C@@](O)(CC(=O)O)c2cc(C(=O)c3ccccc3)ccc2O1. The molecule has 1 heterocycles. The quantitative estimate of drug-likeness (QED) is 0.844. The van der Waals surface area contributed by atoms with Gasteiger partial charge in [0.15, 0.2) is 5.78 Å². The van der Waals surface area contributed by atoms with E-state index in [0.29, 0.717) is 22.4 Å². The minimum Gasteiger partial charge on any atom is -0.490 e. The number of ketones is 1. The molecule has 1 aliphatic rings. The summed E-state index contributed by atoms with van der Waals surface area (Å²) in [6.07, 6.45) is -0.580. The summed E-state index contributed by atoms with van der Waals surface area (Å²) in [7, 11) is 0. The van der Waals surface area contributed by atoms with Crippen LogP contribution in [0.4, 0.5) is 0 Å². The Bertz CT molecular complexity index is 784. The molecule has 0 fully saturated rings. The van der Waals surface area contributed by atoms with Crippen molar-refractivity contribution in [3.05, 3.63) is 65.2 Å². The van der Waals surface area contributed by atoms with Gasteiger partial charge in [0, 0.05) is 23.1 Å². The van der Waals surface area contributed by atoms with Crippen LogP contribution in [0.5, 0.6) is 5.75 Å². The average molecular weight is 326 g/mol. The Balaban J connectivity index is 2.04. The second-order valence-corrected chi connectivity index (χ2v) is 6.14. The molecular formula is C19H18O5. The van der Waals surface area contributed by atoms with Crippen LogP contribution in [-0.2, 0) is 10.4 Å². The van der Waals surface area contributed by atoms with Crippen LogP contribution in [-0.4, -0.2) is 28.1 Å². The average Bonchev–Trinajstić information content (AvgIpc) is 2.53. The Morgan fingerprint density at radius 1 is 1.17 bits per heavy atom. The van der Waals surface area contributed by atoms with Crippen LogP contribution in [0, 0.1) is 0 Å². The molecule has 0 saturated heterocycles. The van der Waals surface area contributed by atoms with Gasteiger partial charge in [0.05, 0.1) is 12.5 Å². The van der Waals surface area contributed by atoms with E-state index in [4.69, 9.17) is 9.84 Å². The molecule has 0 radical (unpaired) electrons. The third kappa shape index (κ3) is 3.03. The molecule has 3 rings (SSSR count). The van der Waals surface area contributed by atoms with Gasteiger partial charge in [-0.2, -0.15) is 0 Å². The highest BCUT2D eigenvalue weighted by Crippen LogP contribution is 2.42. The Hall–Kier alpha value is -2.66. The summed E-state index contributed by atoms with van der Waals surface area (Å²) < 4.78 is 5.69. The number of carbonyl (C=O) groups is 2. The first-order valence-electron chi connectivity index (χ1n) is 7.74. The molecule has 0 aliphatic carbocycles. The smallest absolute Gasteiger partial charge is 0.306 e. The van der Waals surface area contributed by atoms with Gasteiger partial charge in [-0.3, -0.25) is 9.59 Å². The molecule has 0 amide bonds. The maximum atomic E-state index is 12.6. The van der Waals surface area contributed by atoms with Crippen molar-refractivity contribution in [2.24, 2.45) is 0 Å². The predicted molar refractivity (Wildman–Crippen MR) is 87.2 cm³/mol. The third-order valence-corrected chi connectivity index (χ3v) is 4.18. The fourth-order valence-electron chi connectivity index (χ4n) is 3.16. The Kier molecular flexibility index (Phi) is 4.11. The van der Waals surface area contributed by atoms with Crippen LogP contribution in [0.2, 0.25) is 0 Å². The van der Waals surface area contributed by atoms with Crippen LogP contribution >= 0.6 is 0 Å². The topological polar surface area (TPSA) is 83.8 Å². The second-order valence-electron chi connectivity index (χ2n) is 6.14. The molecule has 5 nitrogen and oxygen atoms in total. The van der Waals surface area contributed by atoms with E-state index >= 15 is 0 Å². The number of aliphatic carboxylic acids is 1. The molecule has 2 aromatic rings. The summed E-state index contributed by atoms with van der Waals surface area (Å²) >= 11 is 0. The summed E-state index contributed by atoms with van der Waals surface area (Å²) in [6.45, 7) is 1.78. The maximum absolute atomic E-state index is 12.6. The number of carboxylic acid groups (broad SMARTS) is 1. The van der Waals surface area contributed by atoms with Crippen LogP contribution in [0.15, 0.2) is 48.5 Å². The fraction of sp³-hybridized carbons (Fsp3) is 0.263. The van der Waals surface area contributed by atoms with Crippen molar-refractivity contribution in [3.63, 3.8) is 0 Å². The zero-order valence-corrected chi connectivity index (χ0v) is 13.2. The predicted octanol–water partition coefficient (Wildman–Crippen LogP) is 2.75. The van der Waals surface area contributed by atoms with Crippen molar-refractivity contribution in [2.75, 3.05) is 0 Å². The Morgan fingerprint density at radius 3 is 2.54 bits per heavy atom. The first-order chi connectivity index (χ1) is 11.4. The third-order valence-electron chi connectivity index (χ3n) is 4.18. The maximum Gasteiger partial charge on any atom is 0.306 e. The van der Waals surface area contributed by atoms with E-state index in [1.54, 1.807) is 49.4 Å². The molecule has 2 N–H and O–H groups in total. The summed E-state index contributed by atoms with van der Waals surface area (Å²) in [5.74, 6) is -0.867. The summed E-state index contributed by atoms with van der Waals surface area (Å²) in [4.78, 5) is 23.8. The van der Waals surface area contributed by atoms with Gasteiger partial charge in [0.25, 0.3) is 0 Å². The molecule has 24 heavy (non-hydrogen) atoms. The van der Waals surface area contributed by atoms with Crippen molar-refractivity contribution >= 4 is 11.8 Å². The molecule has 0 saturated carbocycles. The van der Waals surface area contributed by atoms with Gasteiger partial charge in [-0.15, -0.1) is 0 Å². The minimum atomic E-state index is -1.55. The van der Waals surface area contributed by atoms with Crippen molar-refractivity contribution in [3.8, 4) is 5.75 Å². The van der Waals surface area contributed by atoms with Crippen LogP contribution in [0.25, 0.3) is 0 Å². The summed E-state index contributed by atoms with van der Waals surface area (Å²) in [6, 6.07) is 13.6. The van der Waals surface area contributed by atoms with Crippen molar-refractivity contribution < 1.29 is 24.5 Å². The molecule has 0 spiro atoms. The lowest BCUT2D eigenvalue weighted by atomic mass is 9.81. The zero-order chi connectivity index (χ0) is 17.3. The molecule has 0 aromatic heterocycles. The number of ether oxygens (including phenoxy) is 1. The first kappa shape index (κ1) is 16.2. The summed E-state index contributed by atoms with van der Waals surface area (Å²) in [5.41, 5.74) is -0.276. The van der Waals surface area contributed by atoms with Gasteiger partial charge < -0.3 is 14.9 Å². The molecular weight excluding hydrogens is 308 g/mol. The van der Waals surface area contributed by atoms with Crippen molar-refractivity contribution in [1.29, 1.82) is 0 Å². The molecule has 0 unspecified atom stereocenters. The summed E-state index contributed by atoms with van der Waals surface area (Å²) in [5, 5.41) is 20.0. The fourth-order valence-corrected chi connectivity index (χ4v) is 3.16. The number of hydrogen-bond acceptors (Lipinski definition) is 4. The highest BCUT2D eigenvalue weighted by molar-refractivity contribution is 6.09. The van der Waals surface area contributed by atoms with E-state index in [9.17, 15) is 14.7 Å². The number of carbonyl (C=O) groups excluding carboxylic acids is 1. The van der Waals surface area contributed by atoms with Crippen molar-refractivity contribution in [1.82, 2.24) is 0 Å². The lowest BCUT2D eigenvalue weighted by molar-refractivity contribution is -0.145. The lowest BCUT2D eigenvalue weighted by Gasteiger charge is -2.37. The molecule has 0 bridgehead atoms. The molecule has 5 heteroatoms. The zero-order valence-electron chi connectivity index (χ0n) is 13.2. The first-order valence-corrected chi connectivity index (χ1v) is 7.74. The van der Waals surface area contributed by atoms with Gasteiger partial charge in [0.2, 0.25) is 0 Å².